The van der Waals surface area contributed by atoms with Crippen molar-refractivity contribution >= 4 is 104 Å². The average molecular weight is 1360 g/mol. The maximum absolute atomic E-state index is 15.4. The highest BCUT2D eigenvalue weighted by molar-refractivity contribution is 6.00. The number of likely N-dealkylation sites (tertiary alicyclic amines) is 1. The monoisotopic (exact) mass is 1360 g/mol. The fraction of sp³-hybridized carbons (Fsp3) is 0.364. The molecule has 21 N–H and O–H groups in total. The number of hydrogen-bond acceptors (Lipinski definition) is 15. The fourth-order valence-electron chi connectivity index (χ4n) is 12.3. The van der Waals surface area contributed by atoms with Gasteiger partial charge in [-0.25, -0.2) is 9.97 Å². The largest absolute Gasteiger partial charge is 0.394 e. The molecule has 33 nitrogen and oxygen atoms in total. The number of guanidine groups is 1. The van der Waals surface area contributed by atoms with Crippen molar-refractivity contribution in [2.24, 2.45) is 11.5 Å². The Morgan fingerprint density at radius 1 is 0.545 bits per heavy atom. The third-order valence-corrected chi connectivity index (χ3v) is 17.4. The van der Waals surface area contributed by atoms with Gasteiger partial charge in [0.1, 0.15) is 54.4 Å². The number of hydrogen-bond donors (Lipinski definition) is 19. The van der Waals surface area contributed by atoms with Crippen molar-refractivity contribution in [1.29, 1.82) is 5.41 Å². The molecule has 0 radical (unpaired) electrons. The van der Waals surface area contributed by atoms with E-state index in [1.165, 1.54) is 29.9 Å². The highest BCUT2D eigenvalue weighted by Gasteiger charge is 2.40. The Hall–Kier alpha value is -11.9. The maximum atomic E-state index is 15.4. The van der Waals surface area contributed by atoms with Crippen LogP contribution in [0.5, 0.6) is 0 Å². The van der Waals surface area contributed by atoms with Gasteiger partial charge in [-0.3, -0.25) is 58.1 Å². The average Bonchev–Trinajstić information content (AvgIpc) is 1.75. The van der Waals surface area contributed by atoms with Gasteiger partial charge in [-0.2, -0.15) is 0 Å². The van der Waals surface area contributed by atoms with Crippen LogP contribution in [-0.4, -0.2) is 196 Å². The summed E-state index contributed by atoms with van der Waals surface area (Å²) in [4.78, 5) is 180. The lowest BCUT2D eigenvalue weighted by atomic mass is 10.0. The van der Waals surface area contributed by atoms with Gasteiger partial charge >= 0.3 is 0 Å². The van der Waals surface area contributed by atoms with Crippen LogP contribution in [0, 0.1) is 5.41 Å². The van der Waals surface area contributed by atoms with Crippen molar-refractivity contribution in [3.63, 3.8) is 0 Å². The fourth-order valence-corrected chi connectivity index (χ4v) is 12.3. The van der Waals surface area contributed by atoms with Crippen molar-refractivity contribution in [1.82, 2.24) is 93.0 Å². The Bertz CT molecular complexity index is 4240. The number of H-pyrrole nitrogens is 5. The number of aromatic amines is 5. The molecule has 0 bridgehead atoms. The minimum atomic E-state index is -1.80. The number of imidazole rings is 2. The van der Waals surface area contributed by atoms with E-state index < -0.39 is 127 Å². The predicted molar refractivity (Wildman–Crippen MR) is 358 cm³/mol. The van der Waals surface area contributed by atoms with E-state index in [9.17, 15) is 43.5 Å². The number of nitrogens with one attached hydrogen (secondary N) is 16. The summed E-state index contributed by atoms with van der Waals surface area (Å²) in [5, 5.41) is 47.5. The lowest BCUT2D eigenvalue weighted by Gasteiger charge is -2.30. The number of carbonyl (C=O) groups excluding carboxylic acids is 11. The molecular formula is C66H79N21O12. The molecule has 7 heterocycles. The van der Waals surface area contributed by atoms with E-state index in [0.29, 0.717) is 61.5 Å². The molecule has 0 aliphatic carbocycles. The summed E-state index contributed by atoms with van der Waals surface area (Å²) in [5.74, 6) is -8.93. The summed E-state index contributed by atoms with van der Waals surface area (Å²) < 4.78 is 0. The Balaban J connectivity index is 0.919. The number of benzene rings is 3. The van der Waals surface area contributed by atoms with Gasteiger partial charge in [-0.15, -0.1) is 0 Å². The van der Waals surface area contributed by atoms with Crippen LogP contribution in [0.25, 0.3) is 32.7 Å². The molecule has 0 unspecified atom stereocenters. The van der Waals surface area contributed by atoms with Crippen LogP contribution in [-0.2, 0) is 84.8 Å². The molecule has 2 fully saturated rings. The number of para-hydroxylation sites is 3. The number of aliphatic hydroxyl groups excluding tert-OH is 1. The summed E-state index contributed by atoms with van der Waals surface area (Å²) in [6.45, 7) is -1.26. The summed E-state index contributed by atoms with van der Waals surface area (Å²) in [6.07, 6.45) is 10.7. The van der Waals surface area contributed by atoms with Crippen LogP contribution < -0.4 is 64.6 Å². The number of nitrogens with zero attached hydrogens (tertiary/aromatic N) is 3. The molecule has 2 aliphatic rings. The molecule has 520 valence electrons. The molecule has 5 aromatic heterocycles. The van der Waals surface area contributed by atoms with Gasteiger partial charge in [0.15, 0.2) is 5.96 Å². The zero-order valence-electron chi connectivity index (χ0n) is 53.7. The van der Waals surface area contributed by atoms with Gasteiger partial charge in [0.05, 0.1) is 37.2 Å². The number of fused-ring (bicyclic) bond motifs is 3. The van der Waals surface area contributed by atoms with Crippen LogP contribution in [0.2, 0.25) is 0 Å². The summed E-state index contributed by atoms with van der Waals surface area (Å²) >= 11 is 0. The molecule has 2 aliphatic heterocycles. The number of rotatable bonds is 33. The highest BCUT2D eigenvalue weighted by atomic mass is 16.3. The Morgan fingerprint density at radius 2 is 0.980 bits per heavy atom. The quantitative estimate of drug-likeness (QED) is 0.0116. The molecule has 8 aromatic rings. The van der Waals surface area contributed by atoms with E-state index >= 15 is 14.4 Å². The number of aliphatic hydroxyl groups is 1. The molecular weight excluding hydrogens is 1280 g/mol. The molecule has 0 spiro atoms. The number of amides is 11. The lowest BCUT2D eigenvalue weighted by molar-refractivity contribution is -0.142. The van der Waals surface area contributed by atoms with Gasteiger partial charge < -0.3 is 99.6 Å². The van der Waals surface area contributed by atoms with E-state index in [-0.39, 0.29) is 94.9 Å². The van der Waals surface area contributed by atoms with Crippen molar-refractivity contribution in [2.75, 3.05) is 26.2 Å². The molecule has 11 amide bonds. The van der Waals surface area contributed by atoms with Crippen LogP contribution in [0.1, 0.15) is 66.6 Å². The first-order chi connectivity index (χ1) is 47.8. The summed E-state index contributed by atoms with van der Waals surface area (Å²) in [6, 6.07) is 9.08. The van der Waals surface area contributed by atoms with Gasteiger partial charge in [0, 0.05) is 115 Å². The number of primary amides is 1. The zero-order valence-corrected chi connectivity index (χ0v) is 53.7. The SMILES string of the molecule is N=C(N)NCCC[C@H](NC(=O)[C@H](Cc1c[nH]c2ccccc12)NC(=O)[C@@H](Cc1c[nH]c2ccccc12)NC(=O)[C@H](Cc1c[nH]cn1)NC(=O)[C@H](CO)NC(=O)[C@H](Cc1c[nH]c2ccccc12)NC(=O)[C@H](Cc1c[nH]cn1)NC(=O)[C@@H]1CCC(=O)N1)C(=O)N1CCC[C@H]1C(=O)NCC(N)=O. The van der Waals surface area contributed by atoms with E-state index in [0.717, 1.165) is 0 Å². The first kappa shape index (κ1) is 69.9. The van der Waals surface area contributed by atoms with Crippen molar-refractivity contribution < 1.29 is 57.8 Å². The van der Waals surface area contributed by atoms with E-state index in [1.807, 2.05) is 24.3 Å². The Morgan fingerprint density at radius 3 is 1.40 bits per heavy atom. The van der Waals surface area contributed by atoms with E-state index in [2.05, 4.69) is 88.1 Å². The van der Waals surface area contributed by atoms with Crippen LogP contribution in [0.15, 0.2) is 116 Å². The van der Waals surface area contributed by atoms with E-state index in [4.69, 9.17) is 16.9 Å². The summed E-state index contributed by atoms with van der Waals surface area (Å²) in [5.41, 5.74) is 15.3. The molecule has 3 aromatic carbocycles. The minimum Gasteiger partial charge on any atom is -0.394 e. The second-order valence-corrected chi connectivity index (χ2v) is 24.3. The first-order valence-corrected chi connectivity index (χ1v) is 32.4. The number of nitrogens with two attached hydrogens (primary N) is 2. The predicted octanol–water partition coefficient (Wildman–Crippen LogP) is -2.39. The molecule has 33 heteroatoms. The van der Waals surface area contributed by atoms with Gasteiger partial charge in [-0.05, 0) is 67.0 Å². The van der Waals surface area contributed by atoms with Crippen LogP contribution >= 0.6 is 0 Å². The van der Waals surface area contributed by atoms with Crippen molar-refractivity contribution in [2.45, 2.75) is 125 Å². The van der Waals surface area contributed by atoms with Gasteiger partial charge in [0.25, 0.3) is 0 Å². The third kappa shape index (κ3) is 18.2. The molecule has 10 rings (SSSR count). The first-order valence-electron chi connectivity index (χ1n) is 32.4. The minimum absolute atomic E-state index is 0.0331. The smallest absolute Gasteiger partial charge is 0.245 e. The second kappa shape index (κ2) is 32.7. The normalized spacial score (nSPS) is 16.5. The second-order valence-electron chi connectivity index (χ2n) is 24.3. The molecule has 9 atom stereocenters. The van der Waals surface area contributed by atoms with Crippen LogP contribution in [0.3, 0.4) is 0 Å². The van der Waals surface area contributed by atoms with Crippen LogP contribution in [0.4, 0.5) is 0 Å². The lowest BCUT2D eigenvalue weighted by Crippen LogP contribution is -2.62. The Kier molecular flexibility index (Phi) is 23.1. The standard InChI is InChI=1S/C66H79N21O12/c67-55(89)31-76-64(98)54-16-8-20-87(54)65(99)47(15-7-19-72-66(68)69)80-58(92)48(21-35-26-73-43-12-4-1-9-40(35)43)81-59(93)49(22-36-27-74-44-13-5-2-10-41(36)44)82-62(96)52(25-39-30-71-34-78-39)85-63(97)53(32-88)86-60(94)50(23-37-28-75-45-14-6-3-11-42(37)45)83-61(95)51(24-38-29-70-33-77-38)84-57(91)46-17-18-56(90)79-46/h1-6,9-14,26-30,33-34,46-54,73-75,88H,7-8,15-25,31-32H2,(H2,67,89)(H,70,77)(H,71,78)(H,76,98)(H,79,90)(H,80,92)(H,81,93)(H,82,96)(H,83,95)(H,84,91)(H,85,97)(H,86,94)(H4,68,69,72)/t46-,47-,48-,49+,50-,51-,52-,53-,54-/m0/s1. The maximum Gasteiger partial charge on any atom is 0.245 e. The summed E-state index contributed by atoms with van der Waals surface area (Å²) in [7, 11) is 0. The highest BCUT2D eigenvalue weighted by Crippen LogP contribution is 2.25. The van der Waals surface area contributed by atoms with E-state index in [1.54, 1.807) is 67.1 Å². The van der Waals surface area contributed by atoms with Crippen molar-refractivity contribution in [3.8, 4) is 0 Å². The van der Waals surface area contributed by atoms with Crippen molar-refractivity contribution in [3.05, 3.63) is 145 Å². The Labute approximate surface area is 565 Å². The topological polar surface area (TPSA) is 512 Å². The number of carbonyl (C=O) groups is 11. The number of aromatic nitrogens is 7. The molecule has 0 saturated carbocycles. The third-order valence-electron chi connectivity index (χ3n) is 17.4. The molecule has 2 saturated heterocycles. The zero-order chi connectivity index (χ0) is 70.1. The molecule has 99 heavy (non-hydrogen) atoms. The van der Waals surface area contributed by atoms with Gasteiger partial charge in [0.2, 0.25) is 65.0 Å². The van der Waals surface area contributed by atoms with Gasteiger partial charge in [-0.1, -0.05) is 54.6 Å².